The maximum absolute atomic E-state index is 11.2. The maximum atomic E-state index is 11.2. The fourth-order valence-electron chi connectivity index (χ4n) is 2.07. The highest BCUT2D eigenvalue weighted by molar-refractivity contribution is 7.07. The molecule has 0 aliphatic carbocycles. The lowest BCUT2D eigenvalue weighted by atomic mass is 9.95. The highest BCUT2D eigenvalue weighted by Gasteiger charge is 2.13. The minimum Gasteiger partial charge on any atom is -0.496 e. The van der Waals surface area contributed by atoms with E-state index < -0.39 is 0 Å². The summed E-state index contributed by atoms with van der Waals surface area (Å²) >= 11 is 1.19. The summed E-state index contributed by atoms with van der Waals surface area (Å²) in [5, 5.41) is 1.86. The topological polar surface area (TPSA) is 42.1 Å². The molecule has 4 heteroatoms. The molecule has 3 nitrogen and oxygen atoms in total. The molecule has 0 atom stereocenters. The summed E-state index contributed by atoms with van der Waals surface area (Å²) < 4.78 is 5.33. The number of benzene rings is 1. The number of nitrogens with one attached hydrogen (secondary N) is 1. The summed E-state index contributed by atoms with van der Waals surface area (Å²) in [4.78, 5) is 14.1. The van der Waals surface area contributed by atoms with Crippen LogP contribution >= 0.6 is 11.3 Å². The minimum absolute atomic E-state index is 0.0210. The first kappa shape index (κ1) is 11.9. The predicted octanol–water partition coefficient (Wildman–Crippen LogP) is 3.04. The molecule has 0 bridgehead atoms. The van der Waals surface area contributed by atoms with Crippen molar-refractivity contribution in [1.82, 2.24) is 4.98 Å². The molecule has 0 unspecified atom stereocenters. The molecule has 1 heterocycles. The van der Waals surface area contributed by atoms with Crippen LogP contribution in [0.2, 0.25) is 0 Å². The zero-order valence-electron chi connectivity index (χ0n) is 10.4. The molecule has 0 aliphatic heterocycles. The van der Waals surface area contributed by atoms with Gasteiger partial charge in [0.15, 0.2) is 0 Å². The van der Waals surface area contributed by atoms with Gasteiger partial charge in [-0.15, -0.1) is 0 Å². The van der Waals surface area contributed by atoms with Crippen LogP contribution in [0.1, 0.15) is 16.7 Å². The molecule has 90 valence electrons. The summed E-state index contributed by atoms with van der Waals surface area (Å²) in [6.45, 7) is 6.11. The lowest BCUT2D eigenvalue weighted by Gasteiger charge is -2.14. The van der Waals surface area contributed by atoms with E-state index in [9.17, 15) is 4.79 Å². The monoisotopic (exact) mass is 249 g/mol. The summed E-state index contributed by atoms with van der Waals surface area (Å²) in [6.07, 6.45) is 0. The molecule has 0 saturated heterocycles. The van der Waals surface area contributed by atoms with Gasteiger partial charge in [-0.2, -0.15) is 0 Å². The summed E-state index contributed by atoms with van der Waals surface area (Å²) in [5.74, 6) is 0.890. The number of aromatic nitrogens is 1. The molecule has 0 fully saturated rings. The predicted molar refractivity (Wildman–Crippen MR) is 71.1 cm³/mol. The number of rotatable bonds is 2. The zero-order valence-corrected chi connectivity index (χ0v) is 11.2. The minimum atomic E-state index is -0.0210. The lowest BCUT2D eigenvalue weighted by Crippen LogP contribution is -1.98. The first-order chi connectivity index (χ1) is 8.04. The number of aromatic amines is 1. The highest BCUT2D eigenvalue weighted by Crippen LogP contribution is 2.33. The third-order valence-corrected chi connectivity index (χ3v) is 3.73. The molecule has 0 amide bonds. The van der Waals surface area contributed by atoms with Crippen LogP contribution in [0.3, 0.4) is 0 Å². The van der Waals surface area contributed by atoms with Gasteiger partial charge in [-0.25, -0.2) is 0 Å². The molecule has 17 heavy (non-hydrogen) atoms. The number of H-pyrrole nitrogens is 1. The number of methoxy groups -OCH3 is 1. The molecule has 2 aromatic rings. The van der Waals surface area contributed by atoms with Crippen molar-refractivity contribution in [3.05, 3.63) is 37.8 Å². The fourth-order valence-corrected chi connectivity index (χ4v) is 2.64. The number of aryl methyl sites for hydroxylation is 1. The average molecular weight is 249 g/mol. The standard InChI is InChI=1S/C13H15NO2S/c1-7-5-11(16-4)8(2)9(3)12(7)10-6-17-13(15)14-10/h5-6H,1-4H3,(H,14,15). The van der Waals surface area contributed by atoms with Crippen LogP contribution in [0.4, 0.5) is 0 Å². The Bertz CT molecular complexity index is 610. The van der Waals surface area contributed by atoms with Crippen molar-refractivity contribution in [3.63, 3.8) is 0 Å². The Morgan fingerprint density at radius 2 is 1.94 bits per heavy atom. The van der Waals surface area contributed by atoms with Gasteiger partial charge in [0.1, 0.15) is 5.75 Å². The van der Waals surface area contributed by atoms with E-state index in [0.717, 1.165) is 33.7 Å². The van der Waals surface area contributed by atoms with Gasteiger partial charge in [0.05, 0.1) is 12.8 Å². The van der Waals surface area contributed by atoms with Crippen molar-refractivity contribution in [2.75, 3.05) is 7.11 Å². The van der Waals surface area contributed by atoms with Gasteiger partial charge in [-0.1, -0.05) is 11.3 Å². The normalized spacial score (nSPS) is 10.6. The smallest absolute Gasteiger partial charge is 0.304 e. The van der Waals surface area contributed by atoms with E-state index in [2.05, 4.69) is 11.9 Å². The van der Waals surface area contributed by atoms with Crippen molar-refractivity contribution >= 4 is 11.3 Å². The Labute approximate surface area is 104 Å². The summed E-state index contributed by atoms with van der Waals surface area (Å²) in [6, 6.07) is 2.01. The van der Waals surface area contributed by atoms with Crippen LogP contribution in [0.25, 0.3) is 11.3 Å². The van der Waals surface area contributed by atoms with E-state index in [1.54, 1.807) is 7.11 Å². The average Bonchev–Trinajstić information content (AvgIpc) is 2.70. The molecule has 1 aromatic heterocycles. The van der Waals surface area contributed by atoms with Crippen LogP contribution in [0.15, 0.2) is 16.2 Å². The van der Waals surface area contributed by atoms with E-state index in [0.29, 0.717) is 0 Å². The fraction of sp³-hybridized carbons (Fsp3) is 0.308. The Morgan fingerprint density at radius 1 is 1.24 bits per heavy atom. The second kappa shape index (κ2) is 4.37. The van der Waals surface area contributed by atoms with E-state index in [4.69, 9.17) is 4.74 Å². The van der Waals surface area contributed by atoms with Crippen molar-refractivity contribution in [2.24, 2.45) is 0 Å². The Kier molecular flexibility index (Phi) is 3.07. The summed E-state index contributed by atoms with van der Waals surface area (Å²) in [5.41, 5.74) is 5.36. The quantitative estimate of drug-likeness (QED) is 0.889. The first-order valence-corrected chi connectivity index (χ1v) is 6.25. The van der Waals surface area contributed by atoms with Gasteiger partial charge < -0.3 is 9.72 Å². The molecule has 0 aliphatic rings. The number of thiazole rings is 1. The molecule has 0 spiro atoms. The summed E-state index contributed by atoms with van der Waals surface area (Å²) in [7, 11) is 1.67. The third-order valence-electron chi connectivity index (χ3n) is 3.06. The van der Waals surface area contributed by atoms with Crippen molar-refractivity contribution in [1.29, 1.82) is 0 Å². The molecule has 1 aromatic carbocycles. The van der Waals surface area contributed by atoms with Crippen LogP contribution < -0.4 is 9.61 Å². The van der Waals surface area contributed by atoms with Gasteiger partial charge in [0.2, 0.25) is 0 Å². The first-order valence-electron chi connectivity index (χ1n) is 5.37. The number of hydrogen-bond donors (Lipinski definition) is 1. The largest absolute Gasteiger partial charge is 0.496 e. The molecular weight excluding hydrogens is 234 g/mol. The SMILES string of the molecule is COc1cc(C)c(-c2csc(=O)[nH]2)c(C)c1C. The molecule has 1 N–H and O–H groups in total. The lowest BCUT2D eigenvalue weighted by molar-refractivity contribution is 0.411. The Balaban J connectivity index is 2.71. The zero-order chi connectivity index (χ0) is 12.6. The molecular formula is C13H15NO2S. The second-order valence-corrected chi connectivity index (χ2v) is 4.92. The van der Waals surface area contributed by atoms with E-state index in [1.165, 1.54) is 11.3 Å². The van der Waals surface area contributed by atoms with Gasteiger partial charge in [-0.3, -0.25) is 4.79 Å². The molecule has 0 saturated carbocycles. The molecule has 2 rings (SSSR count). The van der Waals surface area contributed by atoms with Crippen molar-refractivity contribution in [3.8, 4) is 17.0 Å². The van der Waals surface area contributed by atoms with Crippen LogP contribution in [-0.4, -0.2) is 12.1 Å². The third kappa shape index (κ3) is 2.00. The highest BCUT2D eigenvalue weighted by atomic mass is 32.1. The van der Waals surface area contributed by atoms with E-state index in [1.807, 2.05) is 25.3 Å². The van der Waals surface area contributed by atoms with Gasteiger partial charge in [0.25, 0.3) is 0 Å². The Morgan fingerprint density at radius 3 is 2.47 bits per heavy atom. The second-order valence-electron chi connectivity index (χ2n) is 4.08. The van der Waals surface area contributed by atoms with Gasteiger partial charge >= 0.3 is 4.87 Å². The number of hydrogen-bond acceptors (Lipinski definition) is 3. The van der Waals surface area contributed by atoms with Crippen LogP contribution in [-0.2, 0) is 0 Å². The number of ether oxygens (including phenoxy) is 1. The molecule has 0 radical (unpaired) electrons. The van der Waals surface area contributed by atoms with Crippen LogP contribution in [0, 0.1) is 20.8 Å². The van der Waals surface area contributed by atoms with Gasteiger partial charge in [0, 0.05) is 10.9 Å². The van der Waals surface area contributed by atoms with Crippen molar-refractivity contribution < 1.29 is 4.74 Å². The Hall–Kier alpha value is -1.55. The van der Waals surface area contributed by atoms with E-state index in [-0.39, 0.29) is 4.87 Å². The van der Waals surface area contributed by atoms with Gasteiger partial charge in [-0.05, 0) is 43.5 Å². The van der Waals surface area contributed by atoms with E-state index >= 15 is 0 Å². The maximum Gasteiger partial charge on any atom is 0.304 e. The van der Waals surface area contributed by atoms with Crippen molar-refractivity contribution in [2.45, 2.75) is 20.8 Å². The van der Waals surface area contributed by atoms with Crippen LogP contribution in [0.5, 0.6) is 5.75 Å².